The average Bonchev–Trinajstić information content (AvgIpc) is 2.31. The summed E-state index contributed by atoms with van der Waals surface area (Å²) in [5.74, 6) is -1.09. The van der Waals surface area contributed by atoms with Gasteiger partial charge >= 0.3 is 12.0 Å². The van der Waals surface area contributed by atoms with Gasteiger partial charge in [0, 0.05) is 9.26 Å². The number of halogens is 1. The number of nitrogens with one attached hydrogen (secondary N) is 2. The SMILES string of the molecule is C=CCC(NC(=O)Nc1ccc(I)cc1)C(=O)O. The molecule has 0 aliphatic rings. The summed E-state index contributed by atoms with van der Waals surface area (Å²) in [4.78, 5) is 22.4. The number of benzene rings is 1. The van der Waals surface area contributed by atoms with Crippen LogP contribution < -0.4 is 10.6 Å². The van der Waals surface area contributed by atoms with Crippen LogP contribution in [0.4, 0.5) is 10.5 Å². The molecule has 0 aliphatic heterocycles. The quantitative estimate of drug-likeness (QED) is 0.558. The van der Waals surface area contributed by atoms with Gasteiger partial charge in [0.25, 0.3) is 0 Å². The number of carboxylic acid groups (broad SMARTS) is 1. The molecule has 1 aromatic carbocycles. The van der Waals surface area contributed by atoms with Gasteiger partial charge in [0.2, 0.25) is 0 Å². The van der Waals surface area contributed by atoms with Crippen LogP contribution in [0, 0.1) is 3.57 Å². The lowest BCUT2D eigenvalue weighted by Crippen LogP contribution is -2.42. The van der Waals surface area contributed by atoms with E-state index in [1.165, 1.54) is 6.08 Å². The number of carbonyl (C=O) groups is 2. The first-order valence-electron chi connectivity index (χ1n) is 5.19. The number of rotatable bonds is 5. The molecule has 18 heavy (non-hydrogen) atoms. The van der Waals surface area contributed by atoms with Crippen LogP contribution in [0.15, 0.2) is 36.9 Å². The Morgan fingerprint density at radius 3 is 2.50 bits per heavy atom. The molecule has 1 aromatic rings. The van der Waals surface area contributed by atoms with Gasteiger partial charge in [0.1, 0.15) is 6.04 Å². The van der Waals surface area contributed by atoms with E-state index in [0.29, 0.717) is 5.69 Å². The van der Waals surface area contributed by atoms with Crippen LogP contribution in [-0.4, -0.2) is 23.1 Å². The van der Waals surface area contributed by atoms with Gasteiger partial charge in [0.05, 0.1) is 0 Å². The van der Waals surface area contributed by atoms with Crippen LogP contribution in [0.1, 0.15) is 6.42 Å². The minimum atomic E-state index is -1.09. The number of hydrogen-bond donors (Lipinski definition) is 3. The Bertz CT molecular complexity index is 445. The molecule has 1 atom stereocenters. The molecule has 0 aliphatic carbocycles. The fourth-order valence-electron chi connectivity index (χ4n) is 1.25. The van der Waals surface area contributed by atoms with Gasteiger partial charge in [-0.15, -0.1) is 6.58 Å². The Morgan fingerprint density at radius 1 is 1.39 bits per heavy atom. The summed E-state index contributed by atoms with van der Waals surface area (Å²) in [5, 5.41) is 13.8. The molecule has 6 heteroatoms. The van der Waals surface area contributed by atoms with E-state index >= 15 is 0 Å². The number of hydrogen-bond acceptors (Lipinski definition) is 2. The maximum atomic E-state index is 11.6. The molecule has 0 saturated heterocycles. The van der Waals surface area contributed by atoms with Crippen molar-refractivity contribution in [2.75, 3.05) is 5.32 Å². The van der Waals surface area contributed by atoms with Crippen molar-refractivity contribution in [1.29, 1.82) is 0 Å². The second-order valence-corrected chi connectivity index (χ2v) is 4.77. The molecular weight excluding hydrogens is 347 g/mol. The molecule has 0 aromatic heterocycles. The molecular formula is C12H13IN2O3. The Labute approximate surface area is 118 Å². The molecule has 1 unspecified atom stereocenters. The third-order valence-electron chi connectivity index (χ3n) is 2.11. The van der Waals surface area contributed by atoms with E-state index in [-0.39, 0.29) is 6.42 Å². The van der Waals surface area contributed by atoms with Gasteiger partial charge in [0.15, 0.2) is 0 Å². The second-order valence-electron chi connectivity index (χ2n) is 3.52. The summed E-state index contributed by atoms with van der Waals surface area (Å²) in [6.07, 6.45) is 1.62. The van der Waals surface area contributed by atoms with Gasteiger partial charge in [-0.2, -0.15) is 0 Å². The summed E-state index contributed by atoms with van der Waals surface area (Å²) in [7, 11) is 0. The zero-order valence-electron chi connectivity index (χ0n) is 9.52. The molecule has 0 heterocycles. The van der Waals surface area contributed by atoms with Gasteiger partial charge in [-0.25, -0.2) is 9.59 Å². The minimum absolute atomic E-state index is 0.176. The van der Waals surface area contributed by atoms with Crippen molar-refractivity contribution in [3.8, 4) is 0 Å². The van der Waals surface area contributed by atoms with Crippen molar-refractivity contribution in [3.05, 3.63) is 40.5 Å². The molecule has 5 nitrogen and oxygen atoms in total. The second kappa shape index (κ2) is 7.00. The van der Waals surface area contributed by atoms with E-state index in [1.807, 2.05) is 12.1 Å². The molecule has 0 radical (unpaired) electrons. The van der Waals surface area contributed by atoms with Crippen LogP contribution in [0.2, 0.25) is 0 Å². The van der Waals surface area contributed by atoms with E-state index in [9.17, 15) is 9.59 Å². The molecule has 0 bridgehead atoms. The summed E-state index contributed by atoms with van der Waals surface area (Å²) in [6.45, 7) is 3.45. The molecule has 0 spiro atoms. The number of anilines is 1. The maximum Gasteiger partial charge on any atom is 0.326 e. The van der Waals surface area contributed by atoms with E-state index in [1.54, 1.807) is 12.1 Å². The molecule has 96 valence electrons. The zero-order chi connectivity index (χ0) is 13.5. The number of aliphatic carboxylic acids is 1. The van der Waals surface area contributed by atoms with Gasteiger partial charge in [-0.05, 0) is 53.3 Å². The highest BCUT2D eigenvalue weighted by Gasteiger charge is 2.17. The van der Waals surface area contributed by atoms with Crippen LogP contribution in [0.3, 0.4) is 0 Å². The van der Waals surface area contributed by atoms with Gasteiger partial charge in [-0.3, -0.25) is 0 Å². The molecule has 2 amide bonds. The number of amides is 2. The standard InChI is InChI=1S/C12H13IN2O3/c1-2-3-10(11(16)17)15-12(18)14-9-6-4-8(13)5-7-9/h2,4-7,10H,1,3H2,(H,16,17)(H2,14,15,18). The lowest BCUT2D eigenvalue weighted by Gasteiger charge is -2.13. The first kappa shape index (κ1) is 14.5. The fourth-order valence-corrected chi connectivity index (χ4v) is 1.61. The van der Waals surface area contributed by atoms with Gasteiger partial charge < -0.3 is 15.7 Å². The molecule has 0 saturated carbocycles. The van der Waals surface area contributed by atoms with Gasteiger partial charge in [-0.1, -0.05) is 6.08 Å². The predicted octanol–water partition coefficient (Wildman–Crippen LogP) is 2.44. The van der Waals surface area contributed by atoms with Crippen LogP contribution in [-0.2, 0) is 4.79 Å². The van der Waals surface area contributed by atoms with Crippen LogP contribution >= 0.6 is 22.6 Å². The summed E-state index contributed by atoms with van der Waals surface area (Å²) in [5.41, 5.74) is 0.607. The van der Waals surface area contributed by atoms with Crippen molar-refractivity contribution in [3.63, 3.8) is 0 Å². The monoisotopic (exact) mass is 360 g/mol. The zero-order valence-corrected chi connectivity index (χ0v) is 11.7. The highest BCUT2D eigenvalue weighted by atomic mass is 127. The van der Waals surface area contributed by atoms with Crippen molar-refractivity contribution >= 4 is 40.3 Å². The first-order valence-corrected chi connectivity index (χ1v) is 6.27. The van der Waals surface area contributed by atoms with Crippen molar-refractivity contribution < 1.29 is 14.7 Å². The lowest BCUT2D eigenvalue weighted by molar-refractivity contribution is -0.139. The summed E-state index contributed by atoms with van der Waals surface area (Å²) in [6, 6.07) is 5.65. The Balaban J connectivity index is 2.57. The third-order valence-corrected chi connectivity index (χ3v) is 2.83. The van der Waals surface area contributed by atoms with E-state index in [2.05, 4.69) is 39.8 Å². The molecule has 1 rings (SSSR count). The molecule has 3 N–H and O–H groups in total. The number of carboxylic acids is 1. The van der Waals surface area contributed by atoms with Crippen molar-refractivity contribution in [2.45, 2.75) is 12.5 Å². The van der Waals surface area contributed by atoms with E-state index in [0.717, 1.165) is 3.57 Å². The van der Waals surface area contributed by atoms with E-state index in [4.69, 9.17) is 5.11 Å². The van der Waals surface area contributed by atoms with Crippen LogP contribution in [0.25, 0.3) is 0 Å². The predicted molar refractivity (Wildman–Crippen MR) is 77.6 cm³/mol. The Hall–Kier alpha value is -1.57. The first-order chi connectivity index (χ1) is 8.52. The van der Waals surface area contributed by atoms with Crippen molar-refractivity contribution in [1.82, 2.24) is 5.32 Å². The third kappa shape index (κ3) is 4.74. The fraction of sp³-hybridized carbons (Fsp3) is 0.167. The normalized spacial score (nSPS) is 11.4. The topological polar surface area (TPSA) is 78.4 Å². The lowest BCUT2D eigenvalue weighted by atomic mass is 10.2. The maximum absolute atomic E-state index is 11.6. The minimum Gasteiger partial charge on any atom is -0.480 e. The number of urea groups is 1. The Morgan fingerprint density at radius 2 is 2.00 bits per heavy atom. The van der Waals surface area contributed by atoms with E-state index < -0.39 is 18.0 Å². The van der Waals surface area contributed by atoms with Crippen molar-refractivity contribution in [2.24, 2.45) is 0 Å². The number of carbonyl (C=O) groups excluding carboxylic acids is 1. The highest BCUT2D eigenvalue weighted by Crippen LogP contribution is 2.10. The average molecular weight is 360 g/mol. The Kier molecular flexibility index (Phi) is 5.63. The summed E-state index contributed by atoms with van der Waals surface area (Å²) < 4.78 is 1.05. The largest absolute Gasteiger partial charge is 0.480 e. The summed E-state index contributed by atoms with van der Waals surface area (Å²) >= 11 is 2.15. The molecule has 0 fully saturated rings. The highest BCUT2D eigenvalue weighted by molar-refractivity contribution is 14.1. The van der Waals surface area contributed by atoms with Crippen LogP contribution in [0.5, 0.6) is 0 Å². The smallest absolute Gasteiger partial charge is 0.326 e.